The van der Waals surface area contributed by atoms with E-state index in [2.05, 4.69) is 22.3 Å². The number of aryl methyl sites for hydroxylation is 1. The minimum atomic E-state index is -0.410. The average molecular weight is 293 g/mol. The first-order valence-electron chi connectivity index (χ1n) is 7.60. The van der Waals surface area contributed by atoms with Crippen molar-refractivity contribution in [1.29, 1.82) is 0 Å². The third-order valence-corrected chi connectivity index (χ3v) is 3.59. The highest BCUT2D eigenvalue weighted by molar-refractivity contribution is 5.89. The molecule has 21 heavy (non-hydrogen) atoms. The van der Waals surface area contributed by atoms with Crippen LogP contribution >= 0.6 is 0 Å². The molecule has 1 N–H and O–H groups in total. The van der Waals surface area contributed by atoms with Crippen molar-refractivity contribution in [2.45, 2.75) is 58.7 Å². The normalized spacial score (nSPS) is 19.5. The number of carbonyl (C=O) groups excluding carboxylic acids is 2. The lowest BCUT2D eigenvalue weighted by Crippen LogP contribution is -2.44. The number of carbonyl (C=O) groups is 2. The Morgan fingerprint density at radius 2 is 2.14 bits per heavy atom. The second-order valence-electron chi connectivity index (χ2n) is 5.32. The molecule has 1 aliphatic rings. The molecule has 0 bridgehead atoms. The van der Waals surface area contributed by atoms with Gasteiger partial charge in [-0.15, -0.1) is 0 Å². The molecular weight excluding hydrogens is 270 g/mol. The van der Waals surface area contributed by atoms with Crippen LogP contribution in [0.2, 0.25) is 0 Å². The summed E-state index contributed by atoms with van der Waals surface area (Å²) in [7, 11) is 0. The molecule has 2 amide bonds. The number of nitrogens with one attached hydrogen (secondary N) is 1. The Balaban J connectivity index is 2.11. The highest BCUT2D eigenvalue weighted by Crippen LogP contribution is 2.11. The second kappa shape index (κ2) is 7.19. The van der Waals surface area contributed by atoms with Gasteiger partial charge in [0.05, 0.1) is 6.54 Å². The predicted molar refractivity (Wildman–Crippen MR) is 77.2 cm³/mol. The molecular formula is C14H23N5O2. The van der Waals surface area contributed by atoms with Crippen molar-refractivity contribution in [2.24, 2.45) is 0 Å². The molecule has 0 aliphatic carbocycles. The van der Waals surface area contributed by atoms with E-state index in [9.17, 15) is 9.59 Å². The van der Waals surface area contributed by atoms with Crippen LogP contribution in [0.4, 0.5) is 0 Å². The Kier molecular flexibility index (Phi) is 5.30. The van der Waals surface area contributed by atoms with E-state index in [0.29, 0.717) is 25.9 Å². The zero-order chi connectivity index (χ0) is 15.2. The molecule has 1 fully saturated rings. The first kappa shape index (κ1) is 15.5. The summed E-state index contributed by atoms with van der Waals surface area (Å²) >= 11 is 0. The van der Waals surface area contributed by atoms with Crippen molar-refractivity contribution < 1.29 is 9.59 Å². The van der Waals surface area contributed by atoms with Gasteiger partial charge in [0, 0.05) is 19.5 Å². The number of hydrogen-bond donors (Lipinski definition) is 1. The zero-order valence-corrected chi connectivity index (χ0v) is 12.7. The maximum atomic E-state index is 12.5. The lowest BCUT2D eigenvalue weighted by molar-refractivity contribution is -0.134. The zero-order valence-electron chi connectivity index (χ0n) is 12.7. The number of hydrogen-bond acceptors (Lipinski definition) is 4. The van der Waals surface area contributed by atoms with Gasteiger partial charge in [-0.25, -0.2) is 9.67 Å². The largest absolute Gasteiger partial charge is 0.344 e. The summed E-state index contributed by atoms with van der Waals surface area (Å²) < 4.78 is 1.82. The van der Waals surface area contributed by atoms with Crippen molar-refractivity contribution in [3.63, 3.8) is 0 Å². The van der Waals surface area contributed by atoms with Crippen molar-refractivity contribution in [2.75, 3.05) is 6.54 Å². The minimum absolute atomic E-state index is 0.0197. The molecule has 0 aromatic carbocycles. The second-order valence-corrected chi connectivity index (χ2v) is 5.32. The lowest BCUT2D eigenvalue weighted by atomic mass is 10.1. The Bertz CT molecular complexity index is 499. The van der Waals surface area contributed by atoms with E-state index < -0.39 is 6.04 Å². The molecule has 0 radical (unpaired) electrons. The van der Waals surface area contributed by atoms with Crippen molar-refractivity contribution in [3.05, 3.63) is 12.2 Å². The van der Waals surface area contributed by atoms with Gasteiger partial charge < -0.3 is 10.2 Å². The highest BCUT2D eigenvalue weighted by Gasteiger charge is 2.29. The van der Waals surface area contributed by atoms with Gasteiger partial charge in [0.2, 0.25) is 11.8 Å². The van der Waals surface area contributed by atoms with Crippen molar-refractivity contribution in [3.8, 4) is 0 Å². The van der Waals surface area contributed by atoms with Crippen LogP contribution in [0.15, 0.2) is 6.33 Å². The van der Waals surface area contributed by atoms with Crippen LogP contribution in [-0.4, -0.2) is 44.1 Å². The van der Waals surface area contributed by atoms with Crippen LogP contribution < -0.4 is 5.32 Å². The molecule has 7 nitrogen and oxygen atoms in total. The summed E-state index contributed by atoms with van der Waals surface area (Å²) in [5.41, 5.74) is 0. The van der Waals surface area contributed by atoms with E-state index in [0.717, 1.165) is 25.2 Å². The number of rotatable bonds is 6. The molecule has 1 aromatic heterocycles. The molecule has 1 unspecified atom stereocenters. The van der Waals surface area contributed by atoms with Crippen molar-refractivity contribution in [1.82, 2.24) is 25.0 Å². The molecule has 1 atom stereocenters. The number of aromatic nitrogens is 3. The minimum Gasteiger partial charge on any atom is -0.344 e. The molecule has 1 aromatic rings. The standard InChI is InChI=1S/C14H23N5O2/c1-3-5-11-14(21)18(8-6-13(20)17-11)9-12-15-10-16-19(12)7-4-2/h10-11H,3-9H2,1-2H3,(H,17,20). The molecule has 7 heteroatoms. The number of amides is 2. The average Bonchev–Trinajstić information content (AvgIpc) is 2.84. The molecule has 1 aliphatic heterocycles. The topological polar surface area (TPSA) is 80.1 Å². The summed E-state index contributed by atoms with van der Waals surface area (Å²) in [5.74, 6) is 0.697. The maximum Gasteiger partial charge on any atom is 0.245 e. The SMILES string of the molecule is CCCC1NC(=O)CCN(Cc2ncnn2CCC)C1=O. The van der Waals surface area contributed by atoms with Crippen LogP contribution in [0.3, 0.4) is 0 Å². The monoisotopic (exact) mass is 293 g/mol. The fourth-order valence-electron chi connectivity index (χ4n) is 2.52. The van der Waals surface area contributed by atoms with Gasteiger partial charge in [-0.3, -0.25) is 9.59 Å². The van der Waals surface area contributed by atoms with Crippen LogP contribution in [0.5, 0.6) is 0 Å². The summed E-state index contributed by atoms with van der Waals surface area (Å²) in [6.45, 7) is 5.71. The van der Waals surface area contributed by atoms with Crippen LogP contribution in [0, 0.1) is 0 Å². The number of nitrogens with zero attached hydrogens (tertiary/aromatic N) is 4. The summed E-state index contributed by atoms with van der Waals surface area (Å²) in [6, 6.07) is -0.410. The van der Waals surface area contributed by atoms with E-state index in [1.54, 1.807) is 4.90 Å². The van der Waals surface area contributed by atoms with E-state index in [4.69, 9.17) is 0 Å². The van der Waals surface area contributed by atoms with Gasteiger partial charge >= 0.3 is 0 Å². The molecule has 1 saturated heterocycles. The van der Waals surface area contributed by atoms with Gasteiger partial charge in [-0.1, -0.05) is 20.3 Å². The van der Waals surface area contributed by atoms with Gasteiger partial charge in [-0.05, 0) is 12.8 Å². The smallest absolute Gasteiger partial charge is 0.245 e. The van der Waals surface area contributed by atoms with Crippen LogP contribution in [0.1, 0.15) is 45.4 Å². The third kappa shape index (κ3) is 3.80. The molecule has 116 valence electrons. The fraction of sp³-hybridized carbons (Fsp3) is 0.714. The third-order valence-electron chi connectivity index (χ3n) is 3.59. The van der Waals surface area contributed by atoms with Gasteiger partial charge in [0.15, 0.2) is 0 Å². The van der Waals surface area contributed by atoms with E-state index >= 15 is 0 Å². The fourth-order valence-corrected chi connectivity index (χ4v) is 2.52. The summed E-state index contributed by atoms with van der Waals surface area (Å²) in [4.78, 5) is 30.2. The van der Waals surface area contributed by atoms with Crippen LogP contribution in [0.25, 0.3) is 0 Å². The Hall–Kier alpha value is -1.92. The molecule has 0 saturated carbocycles. The predicted octanol–water partition coefficient (Wildman–Crippen LogP) is 0.705. The first-order chi connectivity index (χ1) is 10.2. The molecule has 2 heterocycles. The van der Waals surface area contributed by atoms with Gasteiger partial charge in [0.25, 0.3) is 0 Å². The van der Waals surface area contributed by atoms with Crippen LogP contribution in [-0.2, 0) is 22.7 Å². The van der Waals surface area contributed by atoms with E-state index in [-0.39, 0.29) is 11.8 Å². The van der Waals surface area contributed by atoms with E-state index in [1.165, 1.54) is 6.33 Å². The van der Waals surface area contributed by atoms with E-state index in [1.807, 2.05) is 11.6 Å². The highest BCUT2D eigenvalue weighted by atomic mass is 16.2. The van der Waals surface area contributed by atoms with Gasteiger partial charge in [-0.2, -0.15) is 5.10 Å². The van der Waals surface area contributed by atoms with Gasteiger partial charge in [0.1, 0.15) is 18.2 Å². The molecule has 0 spiro atoms. The lowest BCUT2D eigenvalue weighted by Gasteiger charge is -2.23. The quantitative estimate of drug-likeness (QED) is 0.837. The first-order valence-corrected chi connectivity index (χ1v) is 7.60. The summed E-state index contributed by atoms with van der Waals surface area (Å²) in [5, 5.41) is 6.98. The van der Waals surface area contributed by atoms with Crippen molar-refractivity contribution >= 4 is 11.8 Å². The Morgan fingerprint density at radius 1 is 1.33 bits per heavy atom. The Morgan fingerprint density at radius 3 is 2.86 bits per heavy atom. The molecule has 2 rings (SSSR count). The summed E-state index contributed by atoms with van der Waals surface area (Å²) in [6.07, 6.45) is 4.34. The maximum absolute atomic E-state index is 12.5. The Labute approximate surface area is 124 Å².